The Morgan fingerprint density at radius 3 is 1.41 bits per heavy atom. The lowest BCUT2D eigenvalue weighted by Gasteiger charge is -2.41. The van der Waals surface area contributed by atoms with Crippen molar-refractivity contribution >= 4 is 16.3 Å². The van der Waals surface area contributed by atoms with Crippen molar-refractivity contribution in [2.24, 2.45) is 0 Å². The average molecular weight is 990 g/mol. The first-order valence-electron chi connectivity index (χ1n) is 27.8. The normalized spacial score (nSPS) is 20.4. The molecule has 0 aromatic rings. The van der Waals surface area contributed by atoms with Gasteiger partial charge < -0.3 is 40.3 Å². The molecule has 14 heteroatoms. The Labute approximate surface area is 415 Å². The third-order valence-corrected chi connectivity index (χ3v) is 13.8. The third-order valence-electron chi connectivity index (χ3n) is 13.3. The molecule has 13 nitrogen and oxygen atoms in total. The van der Waals surface area contributed by atoms with E-state index in [-0.39, 0.29) is 6.42 Å². The number of aliphatic hydroxyl groups excluding tert-OH is 5. The van der Waals surface area contributed by atoms with Gasteiger partial charge in [0.1, 0.15) is 30.5 Å². The number of hydrogen-bond donors (Lipinski definition) is 7. The zero-order valence-electron chi connectivity index (χ0n) is 43.0. The quantitative estimate of drug-likeness (QED) is 0.0172. The number of nitrogens with one attached hydrogen (secondary N) is 1. The minimum atomic E-state index is -5.12. The maximum atomic E-state index is 13.2. The SMILES string of the molecule is CCCCCCCCCCCCC/C=C/CC/C=C/C(O)C(COC1OC(CO)C(O)C(OS(=O)(=O)O)C1O)NC(=O)C(O)CCCCCCCCCCCCCCCCCCCCCCCC. The van der Waals surface area contributed by atoms with Crippen LogP contribution in [0.25, 0.3) is 0 Å². The maximum absolute atomic E-state index is 13.2. The van der Waals surface area contributed by atoms with Crippen molar-refractivity contribution in [2.45, 2.75) is 300 Å². The first kappa shape index (κ1) is 64.6. The van der Waals surface area contributed by atoms with Crippen molar-refractivity contribution in [3.63, 3.8) is 0 Å². The predicted molar refractivity (Wildman–Crippen MR) is 275 cm³/mol. The predicted octanol–water partition coefficient (Wildman–Crippen LogP) is 11.4. The second kappa shape index (κ2) is 44.3. The first-order valence-corrected chi connectivity index (χ1v) is 29.2. The van der Waals surface area contributed by atoms with Gasteiger partial charge in [0.25, 0.3) is 0 Å². The Kier molecular flexibility index (Phi) is 42.0. The highest BCUT2D eigenvalue weighted by Gasteiger charge is 2.48. The average Bonchev–Trinajstić information content (AvgIpc) is 3.31. The summed E-state index contributed by atoms with van der Waals surface area (Å²) in [5, 5.41) is 55.4. The van der Waals surface area contributed by atoms with Crippen molar-refractivity contribution in [2.75, 3.05) is 13.2 Å². The van der Waals surface area contributed by atoms with Gasteiger partial charge in [-0.3, -0.25) is 9.35 Å². The molecule has 8 unspecified atom stereocenters. The molecule has 1 fully saturated rings. The fourth-order valence-electron chi connectivity index (χ4n) is 8.95. The lowest BCUT2D eigenvalue weighted by atomic mass is 9.99. The van der Waals surface area contributed by atoms with Gasteiger partial charge in [-0.2, -0.15) is 8.42 Å². The van der Waals surface area contributed by atoms with Gasteiger partial charge in [-0.05, 0) is 32.1 Å². The summed E-state index contributed by atoms with van der Waals surface area (Å²) in [6, 6.07) is -1.13. The molecule has 1 rings (SSSR count). The van der Waals surface area contributed by atoms with E-state index in [9.17, 15) is 43.3 Å². The highest BCUT2D eigenvalue weighted by Crippen LogP contribution is 2.26. The van der Waals surface area contributed by atoms with Crippen molar-refractivity contribution in [1.82, 2.24) is 5.32 Å². The molecule has 0 aromatic heterocycles. The Morgan fingerprint density at radius 1 is 0.588 bits per heavy atom. The zero-order valence-corrected chi connectivity index (χ0v) is 43.9. The van der Waals surface area contributed by atoms with E-state index in [1.54, 1.807) is 6.08 Å². The van der Waals surface area contributed by atoms with E-state index in [0.29, 0.717) is 12.8 Å². The van der Waals surface area contributed by atoms with Gasteiger partial charge in [0.15, 0.2) is 6.29 Å². The van der Waals surface area contributed by atoms with Crippen LogP contribution in [0.15, 0.2) is 24.3 Å². The van der Waals surface area contributed by atoms with E-state index >= 15 is 0 Å². The molecular formula is C54H103NO12S. The molecule has 1 heterocycles. The summed E-state index contributed by atoms with van der Waals surface area (Å²) < 4.78 is 47.7. The molecule has 0 aromatic carbocycles. The van der Waals surface area contributed by atoms with Gasteiger partial charge >= 0.3 is 10.4 Å². The summed E-state index contributed by atoms with van der Waals surface area (Å²) in [7, 11) is -5.12. The van der Waals surface area contributed by atoms with Crippen LogP contribution in [0, 0.1) is 0 Å². The summed E-state index contributed by atoms with van der Waals surface area (Å²) in [5.74, 6) is -0.707. The van der Waals surface area contributed by atoms with Gasteiger partial charge in [0, 0.05) is 0 Å². The maximum Gasteiger partial charge on any atom is 0.397 e. The topological polar surface area (TPSA) is 212 Å². The van der Waals surface area contributed by atoms with Crippen LogP contribution in [0.1, 0.15) is 251 Å². The van der Waals surface area contributed by atoms with Crippen molar-refractivity contribution < 1.29 is 57.0 Å². The molecule has 1 aliphatic heterocycles. The zero-order chi connectivity index (χ0) is 49.9. The van der Waals surface area contributed by atoms with Crippen LogP contribution in [0.2, 0.25) is 0 Å². The van der Waals surface area contributed by atoms with Crippen molar-refractivity contribution in [3.8, 4) is 0 Å². The third kappa shape index (κ3) is 35.6. The van der Waals surface area contributed by atoms with Gasteiger partial charge in [-0.1, -0.05) is 244 Å². The highest BCUT2D eigenvalue weighted by molar-refractivity contribution is 7.80. The summed E-state index contributed by atoms with van der Waals surface area (Å²) in [4.78, 5) is 13.2. The number of aliphatic hydroxyl groups is 5. The molecule has 0 radical (unpaired) electrons. The van der Waals surface area contributed by atoms with Crippen LogP contribution in [-0.2, 0) is 28.9 Å². The molecule has 1 aliphatic rings. The fourth-order valence-corrected chi connectivity index (χ4v) is 9.46. The standard InChI is InChI=1S/C54H103NO12S/c1-3-5-7-9-11-13-15-17-19-21-22-23-24-25-27-29-31-33-35-37-39-41-43-48(58)53(61)55-46(45-65-54-51(60)52(67-68(62,63)64)50(59)49(44-56)66-54)47(57)42-40-38-36-34-32-30-28-26-20-18-16-14-12-10-8-6-4-2/h32,34,40,42,46-52,54,56-60H,3-31,33,35-39,41,43-45H2,1-2H3,(H,55,61)(H,62,63,64)/b34-32+,42-40+. The van der Waals surface area contributed by atoms with Crippen molar-refractivity contribution in [3.05, 3.63) is 24.3 Å². The Hall–Kier alpha value is -1.46. The molecule has 402 valence electrons. The summed E-state index contributed by atoms with van der Waals surface area (Å²) in [5.41, 5.74) is 0. The lowest BCUT2D eigenvalue weighted by molar-refractivity contribution is -0.298. The molecule has 0 aliphatic carbocycles. The number of unbranched alkanes of at least 4 members (excludes halogenated alkanes) is 33. The van der Waals surface area contributed by atoms with Crippen molar-refractivity contribution in [1.29, 1.82) is 0 Å². The minimum absolute atomic E-state index is 0.241. The number of allylic oxidation sites excluding steroid dienone is 3. The highest BCUT2D eigenvalue weighted by atomic mass is 32.3. The molecule has 7 N–H and O–H groups in total. The van der Waals surface area contributed by atoms with E-state index in [1.165, 1.54) is 186 Å². The molecule has 0 spiro atoms. The number of ether oxygens (including phenoxy) is 2. The molecule has 8 atom stereocenters. The lowest BCUT2D eigenvalue weighted by Crippen LogP contribution is -2.61. The molecule has 0 bridgehead atoms. The Morgan fingerprint density at radius 2 is 0.985 bits per heavy atom. The minimum Gasteiger partial charge on any atom is -0.394 e. The Balaban J connectivity index is 2.46. The van der Waals surface area contributed by atoms with Gasteiger partial charge in [0.05, 0.1) is 25.4 Å². The van der Waals surface area contributed by atoms with Gasteiger partial charge in [-0.25, -0.2) is 4.18 Å². The number of rotatable bonds is 48. The number of carbonyl (C=O) groups excluding carboxylic acids is 1. The molecule has 68 heavy (non-hydrogen) atoms. The smallest absolute Gasteiger partial charge is 0.394 e. The monoisotopic (exact) mass is 990 g/mol. The summed E-state index contributed by atoms with van der Waals surface area (Å²) in [6.07, 6.45) is 41.2. The summed E-state index contributed by atoms with van der Waals surface area (Å²) >= 11 is 0. The second-order valence-corrected chi connectivity index (χ2v) is 20.7. The second-order valence-electron chi connectivity index (χ2n) is 19.7. The van der Waals surface area contributed by atoms with Crippen LogP contribution in [0.3, 0.4) is 0 Å². The molecule has 1 saturated heterocycles. The molecular weight excluding hydrogens is 887 g/mol. The van der Waals surface area contributed by atoms with E-state index in [4.69, 9.17) is 9.47 Å². The van der Waals surface area contributed by atoms with Crippen LogP contribution in [0.5, 0.6) is 0 Å². The van der Waals surface area contributed by atoms with E-state index in [2.05, 4.69) is 35.5 Å². The van der Waals surface area contributed by atoms with E-state index in [0.717, 1.165) is 38.5 Å². The molecule has 1 amide bonds. The Bertz CT molecular complexity index is 1320. The largest absolute Gasteiger partial charge is 0.397 e. The van der Waals surface area contributed by atoms with Gasteiger partial charge in [0.2, 0.25) is 5.91 Å². The van der Waals surface area contributed by atoms with E-state index in [1.807, 2.05) is 0 Å². The number of amides is 1. The van der Waals surface area contributed by atoms with Crippen LogP contribution in [-0.4, -0.2) is 107 Å². The number of carbonyl (C=O) groups is 1. The van der Waals surface area contributed by atoms with E-state index < -0.39 is 78.5 Å². The number of hydrogen-bond acceptors (Lipinski definition) is 11. The molecule has 0 saturated carbocycles. The first-order chi connectivity index (χ1) is 32.9. The van der Waals surface area contributed by atoms with Gasteiger partial charge in [-0.15, -0.1) is 0 Å². The summed E-state index contributed by atoms with van der Waals surface area (Å²) in [6.45, 7) is 3.24. The van der Waals surface area contributed by atoms with Crippen LogP contribution >= 0.6 is 0 Å². The van der Waals surface area contributed by atoms with Crippen LogP contribution < -0.4 is 5.32 Å². The fraction of sp³-hybridized carbons (Fsp3) is 0.907. The van der Waals surface area contributed by atoms with Crippen LogP contribution in [0.4, 0.5) is 0 Å².